The Labute approximate surface area is 127 Å². The molecule has 0 radical (unpaired) electrons. The van der Waals surface area contributed by atoms with Crippen LogP contribution in [0.3, 0.4) is 0 Å². The second kappa shape index (κ2) is 6.26. The van der Waals surface area contributed by atoms with Gasteiger partial charge in [-0.15, -0.1) is 11.3 Å². The summed E-state index contributed by atoms with van der Waals surface area (Å²) in [6.07, 6.45) is 1.48. The lowest BCUT2D eigenvalue weighted by atomic mass is 10.2. The molecular weight excluding hydrogens is 290 g/mol. The Hall–Kier alpha value is -1.89. The van der Waals surface area contributed by atoms with Crippen molar-refractivity contribution < 1.29 is 14.6 Å². The van der Waals surface area contributed by atoms with Gasteiger partial charge in [-0.2, -0.15) is 5.10 Å². The number of aromatic carboxylic acids is 1. The summed E-state index contributed by atoms with van der Waals surface area (Å²) in [6, 6.07) is 1.98. The van der Waals surface area contributed by atoms with Crippen LogP contribution >= 0.6 is 11.3 Å². The van der Waals surface area contributed by atoms with Crippen LogP contribution in [0.25, 0.3) is 0 Å². The number of hydrogen-bond donors (Lipinski definition) is 1. The summed E-state index contributed by atoms with van der Waals surface area (Å²) in [5, 5.41) is 13.4. The average Bonchev–Trinajstić information content (AvgIpc) is 3.02. The number of aromatic nitrogens is 3. The van der Waals surface area contributed by atoms with Crippen molar-refractivity contribution in [3.63, 3.8) is 0 Å². The molecule has 2 rings (SSSR count). The number of carboxylic acid groups (broad SMARTS) is 1. The molecule has 6 nitrogen and oxygen atoms in total. The molecule has 0 aliphatic rings. The van der Waals surface area contributed by atoms with Crippen molar-refractivity contribution in [1.82, 2.24) is 14.8 Å². The first-order valence-corrected chi connectivity index (χ1v) is 7.60. The molecule has 2 aromatic heterocycles. The summed E-state index contributed by atoms with van der Waals surface area (Å²) in [4.78, 5) is 16.7. The number of rotatable bonds is 6. The number of carbonyl (C=O) groups is 1. The SMILES string of the molecule is CC(C)c1cc(OCc2ncnn2C(C)C)c(C(=O)O)s1. The summed E-state index contributed by atoms with van der Waals surface area (Å²) >= 11 is 1.26. The Morgan fingerprint density at radius 2 is 2.14 bits per heavy atom. The summed E-state index contributed by atoms with van der Waals surface area (Å²) in [5.41, 5.74) is 0. The molecule has 0 aliphatic carbocycles. The van der Waals surface area contributed by atoms with Gasteiger partial charge in [0.15, 0.2) is 10.7 Å². The van der Waals surface area contributed by atoms with Crippen molar-refractivity contribution in [2.75, 3.05) is 0 Å². The van der Waals surface area contributed by atoms with Gasteiger partial charge in [0.25, 0.3) is 0 Å². The molecular formula is C14H19N3O3S. The molecule has 114 valence electrons. The van der Waals surface area contributed by atoms with Gasteiger partial charge in [-0.25, -0.2) is 14.5 Å². The first kappa shape index (κ1) is 15.5. The maximum absolute atomic E-state index is 11.3. The van der Waals surface area contributed by atoms with Gasteiger partial charge in [0.2, 0.25) is 0 Å². The van der Waals surface area contributed by atoms with E-state index < -0.39 is 5.97 Å². The van der Waals surface area contributed by atoms with E-state index in [2.05, 4.69) is 10.1 Å². The van der Waals surface area contributed by atoms with E-state index in [0.717, 1.165) is 4.88 Å². The molecule has 0 bridgehead atoms. The maximum Gasteiger partial charge on any atom is 0.349 e. The van der Waals surface area contributed by atoms with Crippen LogP contribution in [0.1, 0.15) is 60.0 Å². The smallest absolute Gasteiger partial charge is 0.349 e. The highest BCUT2D eigenvalue weighted by Gasteiger charge is 2.19. The first-order chi connectivity index (χ1) is 9.90. The third-order valence-corrected chi connectivity index (χ3v) is 4.38. The Morgan fingerprint density at radius 1 is 1.43 bits per heavy atom. The molecule has 0 atom stereocenters. The van der Waals surface area contributed by atoms with Gasteiger partial charge in [0, 0.05) is 10.9 Å². The van der Waals surface area contributed by atoms with Gasteiger partial charge >= 0.3 is 5.97 Å². The standard InChI is InChI=1S/C14H19N3O3S/c1-8(2)11-5-10(13(21-11)14(18)19)20-6-12-15-7-16-17(12)9(3)4/h5,7-9H,6H2,1-4H3,(H,18,19). The highest BCUT2D eigenvalue weighted by Crippen LogP contribution is 2.34. The molecule has 2 heterocycles. The predicted molar refractivity (Wildman–Crippen MR) is 80.1 cm³/mol. The van der Waals surface area contributed by atoms with Crippen LogP contribution in [0.15, 0.2) is 12.4 Å². The lowest BCUT2D eigenvalue weighted by molar-refractivity contribution is 0.0697. The van der Waals surface area contributed by atoms with Crippen LogP contribution in [-0.2, 0) is 6.61 Å². The van der Waals surface area contributed by atoms with Crippen molar-refractivity contribution in [2.45, 2.75) is 46.3 Å². The monoisotopic (exact) mass is 309 g/mol. The lowest BCUT2D eigenvalue weighted by Gasteiger charge is -2.10. The fraction of sp³-hybridized carbons (Fsp3) is 0.500. The number of hydrogen-bond acceptors (Lipinski definition) is 5. The van der Waals surface area contributed by atoms with Gasteiger partial charge in [-0.05, 0) is 25.8 Å². The molecule has 1 N–H and O–H groups in total. The van der Waals surface area contributed by atoms with Gasteiger partial charge in [-0.1, -0.05) is 13.8 Å². The molecule has 0 aromatic carbocycles. The van der Waals surface area contributed by atoms with Crippen molar-refractivity contribution in [3.05, 3.63) is 28.0 Å². The Morgan fingerprint density at radius 3 is 2.71 bits per heavy atom. The van der Waals surface area contributed by atoms with Crippen molar-refractivity contribution >= 4 is 17.3 Å². The fourth-order valence-electron chi connectivity index (χ4n) is 1.88. The average molecular weight is 309 g/mol. The number of nitrogens with zero attached hydrogens (tertiary/aromatic N) is 3. The molecule has 0 spiro atoms. The van der Waals surface area contributed by atoms with Crippen LogP contribution < -0.4 is 4.74 Å². The van der Waals surface area contributed by atoms with E-state index in [4.69, 9.17) is 4.74 Å². The lowest BCUT2D eigenvalue weighted by Crippen LogP contribution is -2.11. The zero-order valence-electron chi connectivity index (χ0n) is 12.5. The molecule has 0 saturated carbocycles. The number of carboxylic acids is 1. The Kier molecular flexibility index (Phi) is 4.62. The van der Waals surface area contributed by atoms with E-state index in [0.29, 0.717) is 11.6 Å². The maximum atomic E-state index is 11.3. The second-order valence-corrected chi connectivity index (χ2v) is 6.39. The van der Waals surface area contributed by atoms with Crippen molar-refractivity contribution in [2.24, 2.45) is 0 Å². The fourth-order valence-corrected chi connectivity index (χ4v) is 2.83. The van der Waals surface area contributed by atoms with E-state index in [1.807, 2.05) is 27.7 Å². The largest absolute Gasteiger partial charge is 0.484 e. The molecule has 0 amide bonds. The predicted octanol–water partition coefficient (Wildman–Crippen LogP) is 3.32. The quantitative estimate of drug-likeness (QED) is 0.885. The number of thiophene rings is 1. The van der Waals surface area contributed by atoms with Gasteiger partial charge in [-0.3, -0.25) is 0 Å². The van der Waals surface area contributed by atoms with E-state index in [-0.39, 0.29) is 23.4 Å². The van der Waals surface area contributed by atoms with Crippen molar-refractivity contribution in [3.8, 4) is 5.75 Å². The minimum atomic E-state index is -0.966. The zero-order valence-corrected chi connectivity index (χ0v) is 13.3. The van der Waals surface area contributed by atoms with Crippen LogP contribution in [0.2, 0.25) is 0 Å². The van der Waals surface area contributed by atoms with Crippen LogP contribution in [0.5, 0.6) is 5.75 Å². The summed E-state index contributed by atoms with van der Waals surface area (Å²) < 4.78 is 7.43. The summed E-state index contributed by atoms with van der Waals surface area (Å²) in [7, 11) is 0. The normalized spacial score (nSPS) is 11.3. The van der Waals surface area contributed by atoms with E-state index in [9.17, 15) is 9.90 Å². The van der Waals surface area contributed by atoms with E-state index >= 15 is 0 Å². The molecule has 0 aliphatic heterocycles. The van der Waals surface area contributed by atoms with Crippen LogP contribution in [-0.4, -0.2) is 25.8 Å². The Balaban J connectivity index is 2.19. The van der Waals surface area contributed by atoms with Crippen molar-refractivity contribution in [1.29, 1.82) is 0 Å². The second-order valence-electron chi connectivity index (χ2n) is 5.31. The van der Waals surface area contributed by atoms with Crippen LogP contribution in [0.4, 0.5) is 0 Å². The van der Waals surface area contributed by atoms with E-state index in [1.54, 1.807) is 10.7 Å². The Bertz CT molecular complexity index is 631. The minimum absolute atomic E-state index is 0.179. The third kappa shape index (κ3) is 3.41. The minimum Gasteiger partial charge on any atom is -0.484 e. The zero-order chi connectivity index (χ0) is 15.6. The topological polar surface area (TPSA) is 77.2 Å². The highest BCUT2D eigenvalue weighted by molar-refractivity contribution is 7.14. The molecule has 7 heteroatoms. The summed E-state index contributed by atoms with van der Waals surface area (Å²) in [6.45, 7) is 8.25. The molecule has 2 aromatic rings. The van der Waals surface area contributed by atoms with E-state index in [1.165, 1.54) is 17.7 Å². The summed E-state index contributed by atoms with van der Waals surface area (Å²) in [5.74, 6) is 0.380. The molecule has 0 fully saturated rings. The highest BCUT2D eigenvalue weighted by atomic mass is 32.1. The van der Waals surface area contributed by atoms with Crippen LogP contribution in [0, 0.1) is 0 Å². The number of ether oxygens (including phenoxy) is 1. The van der Waals surface area contributed by atoms with Gasteiger partial charge < -0.3 is 9.84 Å². The molecule has 21 heavy (non-hydrogen) atoms. The van der Waals surface area contributed by atoms with Gasteiger partial charge in [0.1, 0.15) is 18.7 Å². The first-order valence-electron chi connectivity index (χ1n) is 6.78. The van der Waals surface area contributed by atoms with Gasteiger partial charge in [0.05, 0.1) is 0 Å². The molecule has 0 saturated heterocycles. The third-order valence-electron chi connectivity index (χ3n) is 2.97. The molecule has 0 unspecified atom stereocenters.